The van der Waals surface area contributed by atoms with E-state index in [1.54, 1.807) is 0 Å². The van der Waals surface area contributed by atoms with Gasteiger partial charge in [-0.25, -0.2) is 0 Å². The lowest BCUT2D eigenvalue weighted by molar-refractivity contribution is -0.121. The van der Waals surface area contributed by atoms with Gasteiger partial charge in [-0.3, -0.25) is 9.59 Å². The Balaban J connectivity index is 2.22. The van der Waals surface area contributed by atoms with Crippen LogP contribution >= 0.6 is 11.8 Å². The minimum Gasteiger partial charge on any atom is -0.368 e. The fraction of sp³-hybridized carbons (Fsp3) is 0.857. The van der Waals surface area contributed by atoms with E-state index in [1.165, 1.54) is 11.8 Å². The Morgan fingerprint density at radius 1 is 0.684 bits per heavy atom. The van der Waals surface area contributed by atoms with Gasteiger partial charge in [0.25, 0.3) is 0 Å². The van der Waals surface area contributed by atoms with E-state index in [9.17, 15) is 9.59 Å². The zero-order valence-electron chi connectivity index (χ0n) is 11.5. The standard InChI is InChI=1S/C14H24N2O2S/c15-11(17)13(7-3-1-4-8-13)19-14(12(16)18)9-5-2-6-10-14/h1-10H2,(H2,15,17)(H2,16,18). The Kier molecular flexibility index (Phi) is 4.43. The van der Waals surface area contributed by atoms with Crippen LogP contribution in [0.25, 0.3) is 0 Å². The summed E-state index contributed by atoms with van der Waals surface area (Å²) in [5.41, 5.74) is 11.3. The number of rotatable bonds is 4. The maximum Gasteiger partial charge on any atom is 0.233 e. The third kappa shape index (κ3) is 2.91. The van der Waals surface area contributed by atoms with E-state index in [0.29, 0.717) is 0 Å². The number of hydrogen-bond donors (Lipinski definition) is 2. The van der Waals surface area contributed by atoms with Crippen LogP contribution in [-0.2, 0) is 9.59 Å². The lowest BCUT2D eigenvalue weighted by Crippen LogP contribution is -2.51. The predicted octanol–water partition coefficient (Wildman–Crippen LogP) is 2.10. The summed E-state index contributed by atoms with van der Waals surface area (Å²) >= 11 is 1.50. The molecule has 0 atom stereocenters. The summed E-state index contributed by atoms with van der Waals surface area (Å²) in [5.74, 6) is -0.521. The van der Waals surface area contributed by atoms with Crippen molar-refractivity contribution in [2.75, 3.05) is 0 Å². The molecule has 2 aliphatic rings. The second-order valence-electron chi connectivity index (χ2n) is 5.94. The lowest BCUT2D eigenvalue weighted by atomic mass is 9.86. The lowest BCUT2D eigenvalue weighted by Gasteiger charge is -2.43. The molecule has 0 unspecified atom stereocenters. The zero-order valence-corrected chi connectivity index (χ0v) is 12.3. The van der Waals surface area contributed by atoms with Crippen LogP contribution < -0.4 is 11.5 Å². The molecule has 2 rings (SSSR count). The first-order valence-corrected chi connectivity index (χ1v) is 8.12. The van der Waals surface area contributed by atoms with E-state index in [0.717, 1.165) is 64.2 Å². The number of hydrogen-bond acceptors (Lipinski definition) is 3. The van der Waals surface area contributed by atoms with Gasteiger partial charge in [-0.1, -0.05) is 38.5 Å². The summed E-state index contributed by atoms with van der Waals surface area (Å²) in [6.07, 6.45) is 9.55. The van der Waals surface area contributed by atoms with Gasteiger partial charge in [0, 0.05) is 0 Å². The summed E-state index contributed by atoms with van der Waals surface area (Å²) in [5, 5.41) is 0. The molecule has 0 aromatic carbocycles. The Morgan fingerprint density at radius 3 is 1.26 bits per heavy atom. The van der Waals surface area contributed by atoms with Gasteiger partial charge in [-0.2, -0.15) is 0 Å². The SMILES string of the molecule is NC(=O)C1(SC2(C(N)=O)CCCCC2)CCCCC1. The van der Waals surface area contributed by atoms with Gasteiger partial charge < -0.3 is 11.5 Å². The predicted molar refractivity (Wildman–Crippen MR) is 77.6 cm³/mol. The Morgan fingerprint density at radius 2 is 1.00 bits per heavy atom. The minimum absolute atomic E-state index is 0.261. The largest absolute Gasteiger partial charge is 0.368 e. The van der Waals surface area contributed by atoms with Gasteiger partial charge >= 0.3 is 0 Å². The molecule has 0 bridgehead atoms. The van der Waals surface area contributed by atoms with Crippen molar-refractivity contribution in [3.63, 3.8) is 0 Å². The molecule has 108 valence electrons. The summed E-state index contributed by atoms with van der Waals surface area (Å²) in [4.78, 5) is 23.9. The second-order valence-corrected chi connectivity index (χ2v) is 7.71. The van der Waals surface area contributed by atoms with Gasteiger partial charge in [0.1, 0.15) is 0 Å². The highest BCUT2D eigenvalue weighted by Gasteiger charge is 2.49. The molecule has 0 aromatic rings. The molecule has 0 aliphatic heterocycles. The van der Waals surface area contributed by atoms with Gasteiger partial charge in [-0.15, -0.1) is 11.8 Å². The van der Waals surface area contributed by atoms with Crippen LogP contribution in [0.15, 0.2) is 0 Å². The smallest absolute Gasteiger partial charge is 0.233 e. The minimum atomic E-state index is -0.565. The van der Waals surface area contributed by atoms with Crippen molar-refractivity contribution >= 4 is 23.6 Å². The second kappa shape index (κ2) is 5.73. The number of nitrogens with two attached hydrogens (primary N) is 2. The van der Waals surface area contributed by atoms with E-state index < -0.39 is 9.49 Å². The average molecular weight is 284 g/mol. The van der Waals surface area contributed by atoms with Crippen LogP contribution in [0.4, 0.5) is 0 Å². The maximum absolute atomic E-state index is 12.0. The molecule has 4 N–H and O–H groups in total. The molecule has 0 spiro atoms. The van der Waals surface area contributed by atoms with Crippen molar-refractivity contribution in [2.45, 2.75) is 73.7 Å². The van der Waals surface area contributed by atoms with Crippen LogP contribution in [0.1, 0.15) is 64.2 Å². The highest BCUT2D eigenvalue weighted by atomic mass is 32.2. The van der Waals surface area contributed by atoms with E-state index in [2.05, 4.69) is 0 Å². The number of thioether (sulfide) groups is 1. The van der Waals surface area contributed by atoms with Crippen LogP contribution in [0, 0.1) is 0 Å². The van der Waals surface area contributed by atoms with Crippen molar-refractivity contribution in [2.24, 2.45) is 11.5 Å². The van der Waals surface area contributed by atoms with E-state index in [-0.39, 0.29) is 11.8 Å². The molecule has 5 heteroatoms. The van der Waals surface area contributed by atoms with E-state index in [4.69, 9.17) is 11.5 Å². The molecule has 19 heavy (non-hydrogen) atoms. The Hall–Kier alpha value is -0.710. The fourth-order valence-corrected chi connectivity index (χ4v) is 5.35. The topological polar surface area (TPSA) is 86.2 Å². The zero-order chi connectivity index (χ0) is 13.9. The van der Waals surface area contributed by atoms with Gasteiger partial charge in [-0.05, 0) is 25.7 Å². The first-order chi connectivity index (χ1) is 9.01. The fourth-order valence-electron chi connectivity index (χ4n) is 3.42. The van der Waals surface area contributed by atoms with E-state index in [1.807, 2.05) is 0 Å². The van der Waals surface area contributed by atoms with Crippen LogP contribution in [0.3, 0.4) is 0 Å². The molecule has 0 aromatic heterocycles. The molecule has 0 radical (unpaired) electrons. The van der Waals surface area contributed by atoms with Crippen LogP contribution in [0.2, 0.25) is 0 Å². The third-order valence-corrected chi connectivity index (χ3v) is 6.61. The average Bonchev–Trinajstić information content (AvgIpc) is 2.40. The van der Waals surface area contributed by atoms with Crippen LogP contribution in [-0.4, -0.2) is 21.3 Å². The third-order valence-electron chi connectivity index (χ3n) is 4.61. The molecule has 2 saturated carbocycles. The quantitative estimate of drug-likeness (QED) is 0.828. The number of carbonyl (C=O) groups excluding carboxylic acids is 2. The van der Waals surface area contributed by atoms with E-state index >= 15 is 0 Å². The Bertz CT molecular complexity index is 324. The molecule has 2 fully saturated rings. The normalized spacial score (nSPS) is 25.7. The molecular weight excluding hydrogens is 260 g/mol. The Labute approximate surface area is 119 Å². The first-order valence-electron chi connectivity index (χ1n) is 7.31. The summed E-state index contributed by atoms with van der Waals surface area (Å²) < 4.78 is -1.13. The summed E-state index contributed by atoms with van der Waals surface area (Å²) in [6, 6.07) is 0. The molecular formula is C14H24N2O2S. The van der Waals surface area contributed by atoms with Gasteiger partial charge in [0.05, 0.1) is 9.49 Å². The molecule has 0 heterocycles. The number of carbonyl (C=O) groups is 2. The molecule has 0 saturated heterocycles. The summed E-state index contributed by atoms with van der Waals surface area (Å²) in [6.45, 7) is 0. The number of primary amides is 2. The maximum atomic E-state index is 12.0. The van der Waals surface area contributed by atoms with Crippen molar-refractivity contribution in [3.05, 3.63) is 0 Å². The summed E-state index contributed by atoms with van der Waals surface area (Å²) in [7, 11) is 0. The van der Waals surface area contributed by atoms with Crippen molar-refractivity contribution < 1.29 is 9.59 Å². The highest BCUT2D eigenvalue weighted by Crippen LogP contribution is 2.51. The first kappa shape index (κ1) is 14.7. The van der Waals surface area contributed by atoms with Crippen molar-refractivity contribution in [3.8, 4) is 0 Å². The molecule has 2 aliphatic carbocycles. The highest BCUT2D eigenvalue weighted by molar-refractivity contribution is 8.03. The van der Waals surface area contributed by atoms with Crippen molar-refractivity contribution in [1.29, 1.82) is 0 Å². The van der Waals surface area contributed by atoms with Crippen LogP contribution in [0.5, 0.6) is 0 Å². The molecule has 4 nitrogen and oxygen atoms in total. The van der Waals surface area contributed by atoms with Gasteiger partial charge in [0.2, 0.25) is 11.8 Å². The van der Waals surface area contributed by atoms with Gasteiger partial charge in [0.15, 0.2) is 0 Å². The van der Waals surface area contributed by atoms with Crippen molar-refractivity contribution in [1.82, 2.24) is 0 Å². The molecule has 2 amide bonds. The number of amides is 2. The monoisotopic (exact) mass is 284 g/mol.